The van der Waals surface area contributed by atoms with E-state index < -0.39 is 0 Å². The molecule has 3 rings (SSSR count). The molecule has 0 unspecified atom stereocenters. The van der Waals surface area contributed by atoms with E-state index in [0.29, 0.717) is 6.71 Å². The van der Waals surface area contributed by atoms with Crippen LogP contribution >= 0.6 is 0 Å². The molecule has 0 spiro atoms. The molecule has 1 aliphatic carbocycles. The second-order valence-electron chi connectivity index (χ2n) is 4.91. The fraction of sp³-hybridized carbons (Fsp3) is 0.0588. The molecule has 22 heavy (non-hydrogen) atoms. The SMILES string of the molecule is [Cl-].[Cl-].[Cl-].[Zr+3][C]1(B(c2ccccc2)c2ccccc2)C=CC=C1. The van der Waals surface area contributed by atoms with Crippen LogP contribution in [0, 0.1) is 0 Å². The average molecular weight is 427 g/mol. The summed E-state index contributed by atoms with van der Waals surface area (Å²) < 4.78 is 0.148. The van der Waals surface area contributed by atoms with Crippen molar-refractivity contribution >= 4 is 17.6 Å². The Morgan fingerprint density at radius 2 is 1.00 bits per heavy atom. The summed E-state index contributed by atoms with van der Waals surface area (Å²) in [7, 11) is 0. The first kappa shape index (κ1) is 21.7. The molecule has 1 aliphatic rings. The van der Waals surface area contributed by atoms with E-state index in [-0.39, 0.29) is 40.2 Å². The zero-order chi connectivity index (χ0) is 13.1. The van der Waals surface area contributed by atoms with Crippen molar-refractivity contribution in [3.05, 3.63) is 85.0 Å². The Morgan fingerprint density at radius 1 is 0.636 bits per heavy atom. The van der Waals surface area contributed by atoms with Crippen molar-refractivity contribution in [2.24, 2.45) is 0 Å². The fourth-order valence-corrected chi connectivity index (χ4v) is 4.00. The zero-order valence-corrected chi connectivity index (χ0v) is 16.5. The average Bonchev–Trinajstić information content (AvgIpc) is 2.89. The summed E-state index contributed by atoms with van der Waals surface area (Å²) in [6.45, 7) is 0.406. The minimum atomic E-state index is 0. The Balaban J connectivity index is 0.00000147. The molecular weight excluding hydrogens is 413 g/mol. The van der Waals surface area contributed by atoms with Crippen LogP contribution in [0.1, 0.15) is 0 Å². The Kier molecular flexibility index (Phi) is 9.67. The van der Waals surface area contributed by atoms with Crippen LogP contribution in [0.4, 0.5) is 0 Å². The molecule has 0 radical (unpaired) electrons. The number of benzene rings is 2. The first-order chi connectivity index (χ1) is 9.30. The van der Waals surface area contributed by atoms with Gasteiger partial charge in [-0.25, -0.2) is 0 Å². The van der Waals surface area contributed by atoms with E-state index in [9.17, 15) is 0 Å². The van der Waals surface area contributed by atoms with Crippen LogP contribution in [-0.2, 0) is 24.7 Å². The molecule has 110 valence electrons. The van der Waals surface area contributed by atoms with Crippen molar-refractivity contribution in [2.75, 3.05) is 0 Å². The van der Waals surface area contributed by atoms with E-state index in [1.54, 1.807) is 0 Å². The van der Waals surface area contributed by atoms with Gasteiger partial charge in [0.05, 0.1) is 0 Å². The fourth-order valence-electron chi connectivity index (χ4n) is 2.71. The van der Waals surface area contributed by atoms with Crippen LogP contribution in [0.2, 0.25) is 3.02 Å². The van der Waals surface area contributed by atoms with Gasteiger partial charge in [0.15, 0.2) is 0 Å². The Labute approximate surface area is 166 Å². The Morgan fingerprint density at radius 3 is 1.36 bits per heavy atom. The van der Waals surface area contributed by atoms with E-state index in [2.05, 4.69) is 85.0 Å². The van der Waals surface area contributed by atoms with Crippen LogP contribution < -0.4 is 48.1 Å². The van der Waals surface area contributed by atoms with Crippen LogP contribution in [0.15, 0.2) is 85.0 Å². The summed E-state index contributed by atoms with van der Waals surface area (Å²) in [5.74, 6) is 0. The zero-order valence-electron chi connectivity index (χ0n) is 11.8. The monoisotopic (exact) mass is 424 g/mol. The summed E-state index contributed by atoms with van der Waals surface area (Å²) >= 11 is 1.53. The predicted molar refractivity (Wildman–Crippen MR) is 78.9 cm³/mol. The first-order valence-electron chi connectivity index (χ1n) is 6.51. The molecule has 0 saturated carbocycles. The molecule has 0 fully saturated rings. The summed E-state index contributed by atoms with van der Waals surface area (Å²) in [4.78, 5) is 0. The van der Waals surface area contributed by atoms with Gasteiger partial charge in [0.25, 0.3) is 0 Å². The van der Waals surface area contributed by atoms with Gasteiger partial charge in [-0.3, -0.25) is 0 Å². The molecular formula is C17H14BCl3Zr. The summed E-state index contributed by atoms with van der Waals surface area (Å²) in [6.07, 6.45) is 9.03. The molecule has 2 aromatic rings. The third-order valence-corrected chi connectivity index (χ3v) is 5.13. The molecule has 0 aromatic heterocycles. The van der Waals surface area contributed by atoms with Crippen molar-refractivity contribution in [1.82, 2.24) is 0 Å². The van der Waals surface area contributed by atoms with E-state index in [1.165, 1.54) is 35.6 Å². The number of halogens is 3. The Hall–Kier alpha value is -0.262. The molecule has 5 heteroatoms. The third kappa shape index (κ3) is 4.62. The van der Waals surface area contributed by atoms with Crippen LogP contribution in [0.25, 0.3) is 0 Å². The minimum absolute atomic E-state index is 0. The molecule has 0 amide bonds. The van der Waals surface area contributed by atoms with E-state index >= 15 is 0 Å². The Bertz CT molecular complexity index is 563. The van der Waals surface area contributed by atoms with E-state index in [0.717, 1.165) is 0 Å². The molecule has 0 heterocycles. The second kappa shape index (κ2) is 9.78. The van der Waals surface area contributed by atoms with Gasteiger partial charge < -0.3 is 37.2 Å². The van der Waals surface area contributed by atoms with Gasteiger partial charge in [-0.05, 0) is 0 Å². The normalized spacial score (nSPS) is 13.5. The van der Waals surface area contributed by atoms with Gasteiger partial charge in [-0.15, -0.1) is 0 Å². The van der Waals surface area contributed by atoms with Gasteiger partial charge in [-0.2, -0.15) is 0 Å². The van der Waals surface area contributed by atoms with E-state index in [4.69, 9.17) is 0 Å². The standard InChI is InChI=1S/C17H14B.3ClH.Zr/c1-3-9-15(10-4-1)18(17-13-7-8-14-17)16-11-5-2-6-12-16;;;;/h1-14H;3*1H;/q;;;;+3/p-3. The number of rotatable bonds is 3. The van der Waals surface area contributed by atoms with Crippen molar-refractivity contribution in [1.29, 1.82) is 0 Å². The summed E-state index contributed by atoms with van der Waals surface area (Å²) in [6, 6.07) is 21.7. The molecule has 0 nitrogen and oxygen atoms in total. The van der Waals surface area contributed by atoms with Gasteiger partial charge in [0.1, 0.15) is 0 Å². The molecule has 0 saturated heterocycles. The first-order valence-corrected chi connectivity index (χ1v) is 7.74. The van der Waals surface area contributed by atoms with Crippen molar-refractivity contribution < 1.29 is 61.9 Å². The van der Waals surface area contributed by atoms with E-state index in [1.807, 2.05) is 0 Å². The summed E-state index contributed by atoms with van der Waals surface area (Å²) in [5, 5.41) is 0. The second-order valence-corrected chi connectivity index (χ2v) is 7.03. The maximum absolute atomic E-state index is 2.34. The van der Waals surface area contributed by atoms with Crippen molar-refractivity contribution in [3.8, 4) is 0 Å². The molecule has 0 N–H and O–H groups in total. The van der Waals surface area contributed by atoms with Crippen LogP contribution in [-0.4, -0.2) is 6.71 Å². The maximum atomic E-state index is 2.34. The number of allylic oxidation sites excluding steroid dienone is 4. The van der Waals surface area contributed by atoms with Crippen LogP contribution in [0.5, 0.6) is 0 Å². The number of hydrogen-bond acceptors (Lipinski definition) is 0. The number of hydrogen-bond donors (Lipinski definition) is 0. The third-order valence-electron chi connectivity index (χ3n) is 3.60. The van der Waals surface area contributed by atoms with Gasteiger partial charge in [0, 0.05) is 0 Å². The quantitative estimate of drug-likeness (QED) is 0.429. The van der Waals surface area contributed by atoms with Crippen LogP contribution in [0.3, 0.4) is 0 Å². The molecule has 2 aromatic carbocycles. The van der Waals surface area contributed by atoms with Gasteiger partial charge in [-0.1, -0.05) is 0 Å². The summed E-state index contributed by atoms with van der Waals surface area (Å²) in [5.41, 5.74) is 2.78. The van der Waals surface area contributed by atoms with Crippen molar-refractivity contribution in [2.45, 2.75) is 3.02 Å². The molecule has 0 aliphatic heterocycles. The molecule has 0 atom stereocenters. The topological polar surface area (TPSA) is 0 Å². The molecule has 0 bridgehead atoms. The van der Waals surface area contributed by atoms with Gasteiger partial charge in [0.2, 0.25) is 0 Å². The van der Waals surface area contributed by atoms with Gasteiger partial charge >= 0.3 is 130 Å². The predicted octanol–water partition coefficient (Wildman–Crippen LogP) is -6.32. The van der Waals surface area contributed by atoms with Crippen molar-refractivity contribution in [3.63, 3.8) is 0 Å².